The number of hydrogen-bond donors (Lipinski definition) is 1. The summed E-state index contributed by atoms with van der Waals surface area (Å²) in [4.78, 5) is 24.0. The van der Waals surface area contributed by atoms with Crippen molar-refractivity contribution < 1.29 is 19.1 Å². The van der Waals surface area contributed by atoms with Gasteiger partial charge in [0.15, 0.2) is 0 Å². The van der Waals surface area contributed by atoms with Gasteiger partial charge in [-0.25, -0.2) is 4.79 Å². The van der Waals surface area contributed by atoms with E-state index in [1.165, 1.54) is 12.4 Å². The highest BCUT2D eigenvalue weighted by Crippen LogP contribution is 2.77. The van der Waals surface area contributed by atoms with Gasteiger partial charge in [-0.05, 0) is 86.7 Å². The topological polar surface area (TPSA) is 80.0 Å². The predicted molar refractivity (Wildman–Crippen MR) is 105 cm³/mol. The highest BCUT2D eigenvalue weighted by atomic mass is 16.6. The third-order valence-corrected chi connectivity index (χ3v) is 9.97. The van der Waals surface area contributed by atoms with Gasteiger partial charge >= 0.3 is 5.63 Å². The first kappa shape index (κ1) is 18.3. The van der Waals surface area contributed by atoms with E-state index < -0.39 is 0 Å². The van der Waals surface area contributed by atoms with Gasteiger partial charge in [0.25, 0.3) is 0 Å². The Hall–Kier alpha value is -1.46. The van der Waals surface area contributed by atoms with E-state index in [9.17, 15) is 14.7 Å². The molecule has 29 heavy (non-hydrogen) atoms. The zero-order chi connectivity index (χ0) is 20.0. The van der Waals surface area contributed by atoms with Gasteiger partial charge in [0.1, 0.15) is 11.9 Å². The Morgan fingerprint density at radius 2 is 1.97 bits per heavy atom. The first-order valence-corrected chi connectivity index (χ1v) is 11.4. The minimum atomic E-state index is -0.303. The van der Waals surface area contributed by atoms with E-state index in [0.29, 0.717) is 23.7 Å². The van der Waals surface area contributed by atoms with E-state index in [2.05, 4.69) is 6.92 Å². The summed E-state index contributed by atoms with van der Waals surface area (Å²) in [7, 11) is 0. The lowest BCUT2D eigenvalue weighted by atomic mass is 9.44. The van der Waals surface area contributed by atoms with E-state index in [1.807, 2.05) is 6.07 Å². The molecule has 5 nitrogen and oxygen atoms in total. The fraction of sp³-hybridized carbons (Fsp3) is 0.750. The molecule has 9 unspecified atom stereocenters. The summed E-state index contributed by atoms with van der Waals surface area (Å²) < 4.78 is 11.7. The summed E-state index contributed by atoms with van der Waals surface area (Å²) in [6.07, 6.45) is 10.5. The standard InChI is InChI=1S/C24H30O5/c1-22-8-7-17-18(4-3-15-10-16(26)6-9-23(15,17)13-25)24(22)20(29-24)11-19(22)14-2-5-21(27)28-12-14/h2,5,12-13,15-20,26H,3-4,6-11H2,1H3. The van der Waals surface area contributed by atoms with Crippen LogP contribution < -0.4 is 5.63 Å². The fourth-order valence-electron chi connectivity index (χ4n) is 8.66. The molecular weight excluding hydrogens is 368 g/mol. The van der Waals surface area contributed by atoms with Gasteiger partial charge in [0, 0.05) is 16.9 Å². The molecule has 1 aliphatic heterocycles. The van der Waals surface area contributed by atoms with Gasteiger partial charge in [-0.2, -0.15) is 0 Å². The number of aliphatic hydroxyl groups is 1. The van der Waals surface area contributed by atoms with Crippen molar-refractivity contribution in [3.8, 4) is 0 Å². The molecule has 1 N–H and O–H groups in total. The second kappa shape index (κ2) is 5.82. The van der Waals surface area contributed by atoms with E-state index in [1.54, 1.807) is 6.26 Å². The van der Waals surface area contributed by atoms with Crippen molar-refractivity contribution in [1.29, 1.82) is 0 Å². The molecule has 5 fully saturated rings. The monoisotopic (exact) mass is 398 g/mol. The van der Waals surface area contributed by atoms with Crippen LogP contribution in [0.15, 0.2) is 27.6 Å². The van der Waals surface area contributed by atoms with Crippen molar-refractivity contribution in [1.82, 2.24) is 0 Å². The van der Waals surface area contributed by atoms with Crippen molar-refractivity contribution in [2.45, 2.75) is 82.0 Å². The molecule has 0 radical (unpaired) electrons. The van der Waals surface area contributed by atoms with Crippen LogP contribution in [0.3, 0.4) is 0 Å². The molecule has 1 spiro atoms. The summed E-state index contributed by atoms with van der Waals surface area (Å²) in [6, 6.07) is 3.46. The van der Waals surface area contributed by atoms with Crippen molar-refractivity contribution in [3.63, 3.8) is 0 Å². The van der Waals surface area contributed by atoms with Crippen LogP contribution in [-0.4, -0.2) is 29.2 Å². The third kappa shape index (κ3) is 2.13. The molecule has 4 aliphatic carbocycles. The molecule has 6 rings (SSSR count). The molecule has 0 aromatic carbocycles. The van der Waals surface area contributed by atoms with Crippen LogP contribution >= 0.6 is 0 Å². The van der Waals surface area contributed by atoms with Crippen LogP contribution in [-0.2, 0) is 9.53 Å². The lowest BCUT2D eigenvalue weighted by Crippen LogP contribution is -2.59. The number of epoxide rings is 1. The van der Waals surface area contributed by atoms with Gasteiger partial charge in [-0.15, -0.1) is 0 Å². The SMILES string of the molecule is CC12CCC3C(CCC4CC(O)CCC43C=O)C13OC3CC2c1ccc(=O)oc1. The maximum absolute atomic E-state index is 12.5. The van der Waals surface area contributed by atoms with Crippen molar-refractivity contribution >= 4 is 6.29 Å². The Balaban J connectivity index is 1.37. The normalized spacial score (nSPS) is 52.6. The first-order chi connectivity index (χ1) is 13.9. The molecule has 1 aromatic heterocycles. The molecule has 0 bridgehead atoms. The number of aldehydes is 1. The molecule has 1 aromatic rings. The summed E-state index contributed by atoms with van der Waals surface area (Å²) in [5, 5.41) is 10.2. The van der Waals surface area contributed by atoms with Crippen LogP contribution in [0.4, 0.5) is 0 Å². The maximum Gasteiger partial charge on any atom is 0.335 e. The van der Waals surface area contributed by atoms with Gasteiger partial charge in [0.2, 0.25) is 0 Å². The summed E-state index contributed by atoms with van der Waals surface area (Å²) in [5.41, 5.74) is 0.423. The molecule has 1 saturated heterocycles. The predicted octanol–water partition coefficient (Wildman–Crippen LogP) is 3.44. The van der Waals surface area contributed by atoms with Gasteiger partial charge in [-0.1, -0.05) is 6.92 Å². The zero-order valence-electron chi connectivity index (χ0n) is 17.0. The molecule has 0 amide bonds. The molecule has 5 heteroatoms. The van der Waals surface area contributed by atoms with Crippen molar-refractivity contribution in [2.24, 2.45) is 28.6 Å². The van der Waals surface area contributed by atoms with E-state index in [-0.39, 0.29) is 34.3 Å². The van der Waals surface area contributed by atoms with Crippen LogP contribution in [0.25, 0.3) is 0 Å². The van der Waals surface area contributed by atoms with Crippen LogP contribution in [0.5, 0.6) is 0 Å². The lowest BCUT2D eigenvalue weighted by molar-refractivity contribution is -0.158. The summed E-state index contributed by atoms with van der Waals surface area (Å²) in [5.74, 6) is 1.45. The number of rotatable bonds is 2. The zero-order valence-corrected chi connectivity index (χ0v) is 17.0. The van der Waals surface area contributed by atoms with E-state index >= 15 is 0 Å². The van der Waals surface area contributed by atoms with Gasteiger partial charge in [-0.3, -0.25) is 0 Å². The Morgan fingerprint density at radius 1 is 1.10 bits per heavy atom. The van der Waals surface area contributed by atoms with E-state index in [0.717, 1.165) is 56.9 Å². The number of hydrogen-bond acceptors (Lipinski definition) is 5. The highest BCUT2D eigenvalue weighted by molar-refractivity contribution is 5.62. The van der Waals surface area contributed by atoms with Crippen LogP contribution in [0, 0.1) is 28.6 Å². The third-order valence-electron chi connectivity index (χ3n) is 9.97. The largest absolute Gasteiger partial charge is 0.431 e. The molecule has 4 saturated carbocycles. The second-order valence-electron chi connectivity index (χ2n) is 10.7. The Labute approximate surface area is 170 Å². The Bertz CT molecular complexity index is 888. The molecule has 156 valence electrons. The number of ether oxygens (including phenoxy) is 1. The van der Waals surface area contributed by atoms with Crippen molar-refractivity contribution in [3.05, 3.63) is 34.4 Å². The quantitative estimate of drug-likeness (QED) is 0.610. The van der Waals surface area contributed by atoms with E-state index in [4.69, 9.17) is 9.15 Å². The van der Waals surface area contributed by atoms with Gasteiger partial charge in [0.05, 0.1) is 18.5 Å². The number of fused-ring (bicyclic) bond motifs is 3. The summed E-state index contributed by atoms with van der Waals surface area (Å²) in [6.45, 7) is 2.37. The molecular formula is C24H30O5. The number of carbonyl (C=O) groups is 1. The van der Waals surface area contributed by atoms with Crippen molar-refractivity contribution in [2.75, 3.05) is 0 Å². The average molecular weight is 398 g/mol. The number of aliphatic hydroxyl groups excluding tert-OH is 1. The maximum atomic E-state index is 12.5. The molecule has 5 aliphatic rings. The number of carbonyl (C=O) groups excluding carboxylic acids is 1. The second-order valence-corrected chi connectivity index (χ2v) is 10.7. The Kier molecular flexibility index (Phi) is 3.68. The first-order valence-electron chi connectivity index (χ1n) is 11.4. The smallest absolute Gasteiger partial charge is 0.335 e. The van der Waals surface area contributed by atoms with Gasteiger partial charge < -0.3 is 19.1 Å². The lowest BCUT2D eigenvalue weighted by Gasteiger charge is -2.60. The van der Waals surface area contributed by atoms with Crippen LogP contribution in [0.2, 0.25) is 0 Å². The fourth-order valence-corrected chi connectivity index (χ4v) is 8.66. The molecule has 2 heterocycles. The Morgan fingerprint density at radius 3 is 2.72 bits per heavy atom. The minimum Gasteiger partial charge on any atom is -0.431 e. The van der Waals surface area contributed by atoms with Crippen LogP contribution in [0.1, 0.15) is 69.8 Å². The highest BCUT2D eigenvalue weighted by Gasteiger charge is 2.80. The summed E-state index contributed by atoms with van der Waals surface area (Å²) >= 11 is 0. The average Bonchev–Trinajstić information content (AvgIpc) is 3.38. The minimum absolute atomic E-state index is 0.0177. The molecule has 9 atom stereocenters.